The Hall–Kier alpha value is -1.55. The molecule has 0 N–H and O–H groups in total. The summed E-state index contributed by atoms with van der Waals surface area (Å²) in [5, 5.41) is 0. The van der Waals surface area contributed by atoms with E-state index in [-0.39, 0.29) is 28.6 Å². The molecule has 3 rings (SSSR count). The van der Waals surface area contributed by atoms with Crippen molar-refractivity contribution in [2.45, 2.75) is 75.4 Å². The zero-order valence-electron chi connectivity index (χ0n) is 17.1. The summed E-state index contributed by atoms with van der Waals surface area (Å²) in [4.78, 5) is 16.4. The molecule has 1 aliphatic heterocycles. The van der Waals surface area contributed by atoms with Crippen LogP contribution in [0.5, 0.6) is 0 Å². The van der Waals surface area contributed by atoms with Gasteiger partial charge in [0, 0.05) is 6.42 Å². The number of esters is 1. The quantitative estimate of drug-likeness (QED) is 0.605. The lowest BCUT2D eigenvalue weighted by atomic mass is 10.1. The third kappa shape index (κ3) is 5.75. The molecule has 0 radical (unpaired) electrons. The lowest BCUT2D eigenvalue weighted by Gasteiger charge is -2.40. The molecule has 1 saturated heterocycles. The van der Waals surface area contributed by atoms with E-state index in [1.54, 1.807) is 19.9 Å². The maximum Gasteiger partial charge on any atom is 0.308 e. The van der Waals surface area contributed by atoms with E-state index in [4.69, 9.17) is 14.2 Å². The number of para-hydroxylation sites is 1. The predicted octanol–water partition coefficient (Wildman–Crippen LogP) is 3.71. The summed E-state index contributed by atoms with van der Waals surface area (Å²) in [5.74, 6) is -1.56. The molecule has 2 aromatic rings. The molecule has 160 valence electrons. The zero-order chi connectivity index (χ0) is 21.2. The summed E-state index contributed by atoms with van der Waals surface area (Å²) in [6.07, 6.45) is -0.138. The highest BCUT2D eigenvalue weighted by Gasteiger charge is 2.39. The third-order valence-electron chi connectivity index (χ3n) is 4.67. The van der Waals surface area contributed by atoms with Crippen LogP contribution in [0.3, 0.4) is 0 Å². The number of rotatable bonds is 7. The van der Waals surface area contributed by atoms with Crippen molar-refractivity contribution in [2.75, 3.05) is 5.75 Å². The van der Waals surface area contributed by atoms with Gasteiger partial charge < -0.3 is 14.2 Å². The molecular weight excluding hydrogens is 414 g/mol. The first-order valence-corrected chi connectivity index (χ1v) is 12.2. The smallest absolute Gasteiger partial charge is 0.308 e. The van der Waals surface area contributed by atoms with E-state index in [0.29, 0.717) is 11.9 Å². The van der Waals surface area contributed by atoms with Crippen molar-refractivity contribution in [1.29, 1.82) is 0 Å². The number of fused-ring (bicyclic) bond motifs is 1. The van der Waals surface area contributed by atoms with Crippen molar-refractivity contribution in [3.63, 3.8) is 0 Å². The second-order valence-electron chi connectivity index (χ2n) is 7.76. The van der Waals surface area contributed by atoms with Crippen LogP contribution >= 0.6 is 11.3 Å². The summed E-state index contributed by atoms with van der Waals surface area (Å²) in [6, 6.07) is 7.31. The monoisotopic (exact) mass is 441 g/mol. The highest BCUT2D eigenvalue weighted by Crippen LogP contribution is 2.32. The van der Waals surface area contributed by atoms with Crippen LogP contribution in [0.25, 0.3) is 10.2 Å². The van der Waals surface area contributed by atoms with E-state index in [1.807, 2.05) is 32.0 Å². The molecule has 2 heterocycles. The average molecular weight is 442 g/mol. The fraction of sp³-hybridized carbons (Fsp3) is 0.600. The summed E-state index contributed by atoms with van der Waals surface area (Å²) in [5.41, 5.74) is 0.662. The van der Waals surface area contributed by atoms with Gasteiger partial charge in [0.25, 0.3) is 0 Å². The molecule has 0 bridgehead atoms. The number of sulfone groups is 1. The Labute approximate surface area is 175 Å². The zero-order valence-corrected chi connectivity index (χ0v) is 18.7. The van der Waals surface area contributed by atoms with Gasteiger partial charge in [-0.25, -0.2) is 13.4 Å². The Kier molecular flexibility index (Phi) is 6.62. The molecule has 0 saturated carbocycles. The van der Waals surface area contributed by atoms with Gasteiger partial charge >= 0.3 is 5.97 Å². The Morgan fingerprint density at radius 1 is 1.31 bits per heavy atom. The standard InChI is InChI=1S/C20H27NO6S2/c1-5-13(2)25-18(22)11-14-10-15(27-20(3,4)26-14)12-29(23,24)19-21-16-8-6-7-9-17(16)28-19/h6-9,13-15H,5,10-12H2,1-4H3/t13?,14-,15-/m0/s1. The minimum atomic E-state index is -3.64. The van der Waals surface area contributed by atoms with Gasteiger partial charge in [0.2, 0.25) is 14.2 Å². The van der Waals surface area contributed by atoms with Crippen LogP contribution in [0.15, 0.2) is 28.6 Å². The number of benzene rings is 1. The van der Waals surface area contributed by atoms with Crippen molar-refractivity contribution in [1.82, 2.24) is 4.98 Å². The number of aromatic nitrogens is 1. The molecule has 1 aromatic heterocycles. The van der Waals surface area contributed by atoms with Crippen LogP contribution in [0.4, 0.5) is 0 Å². The molecule has 9 heteroatoms. The van der Waals surface area contributed by atoms with Crippen molar-refractivity contribution < 1.29 is 27.4 Å². The largest absolute Gasteiger partial charge is 0.463 e. The molecular formula is C20H27NO6S2. The fourth-order valence-corrected chi connectivity index (χ4v) is 6.04. The highest BCUT2D eigenvalue weighted by molar-refractivity contribution is 7.93. The second-order valence-corrected chi connectivity index (χ2v) is 11.0. The van der Waals surface area contributed by atoms with Crippen molar-refractivity contribution in [3.8, 4) is 0 Å². The van der Waals surface area contributed by atoms with E-state index in [1.165, 1.54) is 0 Å². The molecule has 1 aromatic carbocycles. The van der Waals surface area contributed by atoms with Crippen molar-refractivity contribution >= 4 is 37.4 Å². The Morgan fingerprint density at radius 3 is 2.69 bits per heavy atom. The number of nitrogens with zero attached hydrogens (tertiary/aromatic N) is 1. The van der Waals surface area contributed by atoms with Crippen LogP contribution in [-0.2, 0) is 28.8 Å². The van der Waals surface area contributed by atoms with Crippen LogP contribution in [0, 0.1) is 0 Å². The van der Waals surface area contributed by atoms with Gasteiger partial charge in [0.05, 0.1) is 40.7 Å². The minimum absolute atomic E-state index is 0.0643. The first-order valence-electron chi connectivity index (χ1n) is 9.71. The molecule has 1 fully saturated rings. The minimum Gasteiger partial charge on any atom is -0.463 e. The summed E-state index contributed by atoms with van der Waals surface area (Å²) in [7, 11) is -3.64. The molecule has 3 atom stereocenters. The average Bonchev–Trinajstić information content (AvgIpc) is 3.04. The number of ether oxygens (including phenoxy) is 3. The van der Waals surface area contributed by atoms with Gasteiger partial charge in [0.1, 0.15) is 0 Å². The maximum atomic E-state index is 12.9. The number of carbonyl (C=O) groups excluding carboxylic acids is 1. The number of hydrogen-bond donors (Lipinski definition) is 0. The lowest BCUT2D eigenvalue weighted by Crippen LogP contribution is -2.47. The third-order valence-corrected chi connectivity index (χ3v) is 7.95. The second kappa shape index (κ2) is 8.67. The number of carbonyl (C=O) groups is 1. The van der Waals surface area contributed by atoms with Gasteiger partial charge in [-0.05, 0) is 39.3 Å². The predicted molar refractivity (Wildman–Crippen MR) is 111 cm³/mol. The molecule has 29 heavy (non-hydrogen) atoms. The van der Waals surface area contributed by atoms with Crippen LogP contribution in [0.1, 0.15) is 47.0 Å². The summed E-state index contributed by atoms with van der Waals surface area (Å²) in [6.45, 7) is 7.21. The van der Waals surface area contributed by atoms with E-state index < -0.39 is 27.8 Å². The number of thiazole rings is 1. The molecule has 0 spiro atoms. The molecule has 1 aliphatic rings. The van der Waals surface area contributed by atoms with E-state index in [0.717, 1.165) is 22.5 Å². The van der Waals surface area contributed by atoms with Gasteiger partial charge in [-0.2, -0.15) is 0 Å². The van der Waals surface area contributed by atoms with Crippen molar-refractivity contribution in [3.05, 3.63) is 24.3 Å². The van der Waals surface area contributed by atoms with Gasteiger partial charge in [-0.15, -0.1) is 11.3 Å². The topological polar surface area (TPSA) is 91.8 Å². The van der Waals surface area contributed by atoms with E-state index in [9.17, 15) is 13.2 Å². The van der Waals surface area contributed by atoms with Gasteiger partial charge in [0.15, 0.2) is 5.79 Å². The van der Waals surface area contributed by atoms with Crippen LogP contribution in [-0.4, -0.2) is 49.2 Å². The van der Waals surface area contributed by atoms with Gasteiger partial charge in [-0.3, -0.25) is 4.79 Å². The molecule has 7 nitrogen and oxygen atoms in total. The Morgan fingerprint density at radius 2 is 2.00 bits per heavy atom. The Balaban J connectivity index is 1.70. The Bertz CT molecular complexity index is 935. The normalized spacial score (nSPS) is 23.0. The maximum absolute atomic E-state index is 12.9. The summed E-state index contributed by atoms with van der Waals surface area (Å²) < 4.78 is 43.8. The molecule has 0 amide bonds. The van der Waals surface area contributed by atoms with Crippen molar-refractivity contribution in [2.24, 2.45) is 0 Å². The highest BCUT2D eigenvalue weighted by atomic mass is 32.2. The molecule has 0 aliphatic carbocycles. The van der Waals surface area contributed by atoms with Crippen LogP contribution in [0.2, 0.25) is 0 Å². The van der Waals surface area contributed by atoms with E-state index >= 15 is 0 Å². The first-order chi connectivity index (χ1) is 13.6. The fourth-order valence-electron chi connectivity index (χ4n) is 3.29. The summed E-state index contributed by atoms with van der Waals surface area (Å²) >= 11 is 1.15. The number of hydrogen-bond acceptors (Lipinski definition) is 8. The molecule has 1 unspecified atom stereocenters. The first kappa shape index (κ1) is 22.1. The SMILES string of the molecule is CCC(C)OC(=O)C[C@@H]1C[C@@H](CS(=O)(=O)c2nc3ccccc3s2)OC(C)(C)O1. The van der Waals surface area contributed by atoms with Crippen LogP contribution < -0.4 is 0 Å². The van der Waals surface area contributed by atoms with E-state index in [2.05, 4.69) is 4.98 Å². The lowest BCUT2D eigenvalue weighted by molar-refractivity contribution is -0.295. The van der Waals surface area contributed by atoms with Gasteiger partial charge in [-0.1, -0.05) is 19.1 Å².